The standard InChI is InChI=1S/C18H20N4O2/c1-10-7-13(12-3-4-12)8-11(2)16(10)22-9-14-17(21-22)19-15(5-6-23)20-18(14)24/h7-9,12,23H,3-6H2,1-2H3,(H,19,20,21,24). The Kier molecular flexibility index (Phi) is 3.49. The number of aliphatic hydroxyl groups excluding tert-OH is 1. The fourth-order valence-electron chi connectivity index (χ4n) is 3.30. The smallest absolute Gasteiger partial charge is 0.262 e. The minimum absolute atomic E-state index is 0.0595. The molecule has 1 aromatic carbocycles. The van der Waals surface area contributed by atoms with Crippen LogP contribution in [0.2, 0.25) is 0 Å². The van der Waals surface area contributed by atoms with Crippen molar-refractivity contribution in [3.8, 4) is 5.69 Å². The van der Waals surface area contributed by atoms with E-state index in [1.165, 1.54) is 18.4 Å². The Balaban J connectivity index is 1.84. The van der Waals surface area contributed by atoms with Gasteiger partial charge in [-0.15, -0.1) is 5.10 Å². The number of fused-ring (bicyclic) bond motifs is 1. The van der Waals surface area contributed by atoms with Gasteiger partial charge >= 0.3 is 0 Å². The van der Waals surface area contributed by atoms with Crippen LogP contribution in [0.5, 0.6) is 0 Å². The summed E-state index contributed by atoms with van der Waals surface area (Å²) in [7, 11) is 0. The van der Waals surface area contributed by atoms with E-state index in [1.54, 1.807) is 10.9 Å². The Hall–Kier alpha value is -2.47. The molecule has 1 saturated carbocycles. The van der Waals surface area contributed by atoms with Crippen molar-refractivity contribution in [1.29, 1.82) is 0 Å². The molecule has 0 unspecified atom stereocenters. The number of benzene rings is 1. The van der Waals surface area contributed by atoms with Crippen LogP contribution in [0.4, 0.5) is 0 Å². The van der Waals surface area contributed by atoms with Crippen LogP contribution in [0.25, 0.3) is 16.7 Å². The number of H-pyrrole nitrogens is 1. The first-order valence-corrected chi connectivity index (χ1v) is 8.28. The molecular formula is C18H20N4O2. The van der Waals surface area contributed by atoms with Gasteiger partial charge in [0.2, 0.25) is 0 Å². The third-order valence-corrected chi connectivity index (χ3v) is 4.58. The molecule has 1 aliphatic rings. The van der Waals surface area contributed by atoms with Crippen molar-refractivity contribution in [3.05, 3.63) is 51.2 Å². The Morgan fingerprint density at radius 2 is 2.00 bits per heavy atom. The molecular weight excluding hydrogens is 304 g/mol. The van der Waals surface area contributed by atoms with E-state index in [4.69, 9.17) is 5.11 Å². The predicted octanol–water partition coefficient (Wildman–Crippen LogP) is 2.14. The van der Waals surface area contributed by atoms with E-state index in [0.29, 0.717) is 29.2 Å². The van der Waals surface area contributed by atoms with Gasteiger partial charge in [0.05, 0.1) is 12.3 Å². The van der Waals surface area contributed by atoms with Crippen LogP contribution in [0, 0.1) is 13.8 Å². The highest BCUT2D eigenvalue weighted by atomic mass is 16.3. The van der Waals surface area contributed by atoms with Gasteiger partial charge in [-0.1, -0.05) is 12.1 Å². The lowest BCUT2D eigenvalue weighted by atomic mass is 10.0. The molecule has 1 fully saturated rings. The molecule has 2 aromatic heterocycles. The topological polar surface area (TPSA) is 83.8 Å². The van der Waals surface area contributed by atoms with Gasteiger partial charge in [0.1, 0.15) is 11.2 Å². The van der Waals surface area contributed by atoms with Crippen LogP contribution in [0.3, 0.4) is 0 Å². The number of aromatic nitrogens is 4. The fourth-order valence-corrected chi connectivity index (χ4v) is 3.30. The summed E-state index contributed by atoms with van der Waals surface area (Å²) in [5, 5.41) is 14.0. The van der Waals surface area contributed by atoms with E-state index in [0.717, 1.165) is 16.8 Å². The highest BCUT2D eigenvalue weighted by Gasteiger charge is 2.25. The summed E-state index contributed by atoms with van der Waals surface area (Å²) < 4.78 is 1.75. The summed E-state index contributed by atoms with van der Waals surface area (Å²) in [6, 6.07) is 4.45. The van der Waals surface area contributed by atoms with Gasteiger partial charge in [-0.05, 0) is 49.3 Å². The molecule has 0 atom stereocenters. The molecule has 4 rings (SSSR count). The minimum Gasteiger partial charge on any atom is -0.396 e. The lowest BCUT2D eigenvalue weighted by molar-refractivity contribution is 0.296. The first kappa shape index (κ1) is 15.1. The molecule has 0 bridgehead atoms. The minimum atomic E-state index is -0.223. The van der Waals surface area contributed by atoms with E-state index >= 15 is 0 Å². The van der Waals surface area contributed by atoms with Gasteiger partial charge < -0.3 is 10.1 Å². The number of aryl methyl sites for hydroxylation is 2. The summed E-state index contributed by atoms with van der Waals surface area (Å²) in [5.41, 5.74) is 4.88. The average Bonchev–Trinajstić information content (AvgIpc) is 3.28. The van der Waals surface area contributed by atoms with Crippen LogP contribution < -0.4 is 5.56 Å². The van der Waals surface area contributed by atoms with E-state index in [-0.39, 0.29) is 12.2 Å². The zero-order valence-electron chi connectivity index (χ0n) is 13.8. The van der Waals surface area contributed by atoms with Gasteiger partial charge in [0.15, 0.2) is 5.65 Å². The van der Waals surface area contributed by atoms with Crippen molar-refractivity contribution in [2.45, 2.75) is 39.0 Å². The van der Waals surface area contributed by atoms with E-state index in [2.05, 4.69) is 41.0 Å². The number of hydrogen-bond acceptors (Lipinski definition) is 4. The van der Waals surface area contributed by atoms with E-state index < -0.39 is 0 Å². The lowest BCUT2D eigenvalue weighted by Crippen LogP contribution is -2.12. The lowest BCUT2D eigenvalue weighted by Gasteiger charge is -2.12. The number of nitrogens with zero attached hydrogens (tertiary/aromatic N) is 3. The van der Waals surface area contributed by atoms with Gasteiger partial charge in [-0.3, -0.25) is 4.79 Å². The molecule has 24 heavy (non-hydrogen) atoms. The monoisotopic (exact) mass is 324 g/mol. The summed E-state index contributed by atoms with van der Waals surface area (Å²) in [5.74, 6) is 1.16. The Morgan fingerprint density at radius 3 is 2.62 bits per heavy atom. The number of aromatic amines is 1. The number of nitrogens with one attached hydrogen (secondary N) is 1. The number of hydrogen-bond donors (Lipinski definition) is 2. The molecule has 0 aliphatic heterocycles. The summed E-state index contributed by atoms with van der Waals surface area (Å²) >= 11 is 0. The second kappa shape index (κ2) is 5.56. The number of aliphatic hydroxyl groups is 1. The predicted molar refractivity (Wildman–Crippen MR) is 91.7 cm³/mol. The molecule has 0 saturated heterocycles. The molecule has 6 nitrogen and oxygen atoms in total. The highest BCUT2D eigenvalue weighted by molar-refractivity contribution is 5.73. The Labute approximate surface area is 139 Å². The van der Waals surface area contributed by atoms with Crippen LogP contribution >= 0.6 is 0 Å². The maximum atomic E-state index is 12.2. The van der Waals surface area contributed by atoms with Gasteiger partial charge in [0.25, 0.3) is 5.56 Å². The van der Waals surface area contributed by atoms with Crippen LogP contribution in [0.15, 0.2) is 23.1 Å². The molecule has 2 heterocycles. The normalized spacial score (nSPS) is 14.5. The third kappa shape index (κ3) is 2.53. The number of rotatable bonds is 4. The zero-order chi connectivity index (χ0) is 16.8. The molecule has 3 aromatic rings. The first-order valence-electron chi connectivity index (χ1n) is 8.28. The summed E-state index contributed by atoms with van der Waals surface area (Å²) in [6.45, 7) is 4.10. The Bertz CT molecular complexity index is 959. The van der Waals surface area contributed by atoms with Crippen LogP contribution in [0.1, 0.15) is 41.3 Å². The van der Waals surface area contributed by atoms with Crippen molar-refractivity contribution in [2.75, 3.05) is 6.61 Å². The molecule has 0 amide bonds. The molecule has 1 aliphatic carbocycles. The largest absolute Gasteiger partial charge is 0.396 e. The molecule has 2 N–H and O–H groups in total. The molecule has 124 valence electrons. The summed E-state index contributed by atoms with van der Waals surface area (Å²) in [4.78, 5) is 19.2. The summed E-state index contributed by atoms with van der Waals surface area (Å²) in [6.07, 6.45) is 4.59. The van der Waals surface area contributed by atoms with Crippen LogP contribution in [-0.4, -0.2) is 31.5 Å². The highest BCUT2D eigenvalue weighted by Crippen LogP contribution is 2.41. The average molecular weight is 324 g/mol. The molecule has 6 heteroatoms. The van der Waals surface area contributed by atoms with Gasteiger partial charge in [-0.25, -0.2) is 9.67 Å². The van der Waals surface area contributed by atoms with Crippen molar-refractivity contribution in [1.82, 2.24) is 19.7 Å². The van der Waals surface area contributed by atoms with Crippen molar-refractivity contribution >= 4 is 11.0 Å². The SMILES string of the molecule is Cc1cc(C2CC2)cc(C)c1-n1cc2c(=O)[nH]c(CCO)nc2n1. The maximum absolute atomic E-state index is 12.2. The van der Waals surface area contributed by atoms with Gasteiger partial charge in [-0.2, -0.15) is 0 Å². The zero-order valence-corrected chi connectivity index (χ0v) is 13.8. The second-order valence-corrected chi connectivity index (χ2v) is 6.57. The van der Waals surface area contributed by atoms with E-state index in [9.17, 15) is 4.79 Å². The van der Waals surface area contributed by atoms with Crippen molar-refractivity contribution in [3.63, 3.8) is 0 Å². The van der Waals surface area contributed by atoms with Crippen molar-refractivity contribution in [2.24, 2.45) is 0 Å². The Morgan fingerprint density at radius 1 is 1.29 bits per heavy atom. The quantitative estimate of drug-likeness (QED) is 0.770. The van der Waals surface area contributed by atoms with E-state index in [1.807, 2.05) is 0 Å². The first-order chi connectivity index (χ1) is 11.6. The van der Waals surface area contributed by atoms with Gasteiger partial charge in [0, 0.05) is 12.6 Å². The third-order valence-electron chi connectivity index (χ3n) is 4.58. The van der Waals surface area contributed by atoms with Crippen molar-refractivity contribution < 1.29 is 5.11 Å². The van der Waals surface area contributed by atoms with Crippen LogP contribution in [-0.2, 0) is 6.42 Å². The molecule has 0 spiro atoms. The fraction of sp³-hybridized carbons (Fsp3) is 0.389. The maximum Gasteiger partial charge on any atom is 0.262 e. The molecule has 0 radical (unpaired) electrons. The second-order valence-electron chi connectivity index (χ2n) is 6.57.